The minimum atomic E-state index is 0.194. The van der Waals surface area contributed by atoms with Crippen molar-refractivity contribution in [3.8, 4) is 0 Å². The average molecular weight is 306 g/mol. The van der Waals surface area contributed by atoms with Crippen LogP contribution in [0, 0.1) is 25.7 Å². The van der Waals surface area contributed by atoms with E-state index in [1.54, 1.807) is 0 Å². The Morgan fingerprint density at radius 3 is 2.59 bits per heavy atom. The number of benzene rings is 1. The summed E-state index contributed by atoms with van der Waals surface area (Å²) >= 11 is 0. The molecule has 4 nitrogen and oxygen atoms in total. The van der Waals surface area contributed by atoms with Gasteiger partial charge in [0.2, 0.25) is 0 Å². The zero-order valence-electron chi connectivity index (χ0n) is 14.1. The van der Waals surface area contributed by atoms with Crippen molar-refractivity contribution in [1.29, 1.82) is 0 Å². The van der Waals surface area contributed by atoms with E-state index in [0.29, 0.717) is 18.4 Å². The summed E-state index contributed by atoms with van der Waals surface area (Å²) in [5, 5.41) is 18.7. The van der Waals surface area contributed by atoms with Crippen LogP contribution in [0.1, 0.15) is 16.7 Å². The summed E-state index contributed by atoms with van der Waals surface area (Å²) in [6.07, 6.45) is 0. The molecule has 4 heteroatoms. The predicted molar refractivity (Wildman–Crippen MR) is 89.8 cm³/mol. The number of aliphatic hydroxyl groups excluding tert-OH is 2. The highest BCUT2D eigenvalue weighted by molar-refractivity contribution is 5.30. The fourth-order valence-electron chi connectivity index (χ4n) is 3.45. The van der Waals surface area contributed by atoms with Crippen molar-refractivity contribution < 1.29 is 10.2 Å². The van der Waals surface area contributed by atoms with Crippen molar-refractivity contribution in [2.45, 2.75) is 20.4 Å². The summed E-state index contributed by atoms with van der Waals surface area (Å²) in [6, 6.07) is 6.62. The molecule has 0 radical (unpaired) electrons. The lowest BCUT2D eigenvalue weighted by atomic mass is 9.96. The van der Waals surface area contributed by atoms with Crippen molar-refractivity contribution >= 4 is 0 Å². The summed E-state index contributed by atoms with van der Waals surface area (Å²) in [4.78, 5) is 4.62. The van der Waals surface area contributed by atoms with Crippen molar-refractivity contribution in [3.63, 3.8) is 0 Å². The van der Waals surface area contributed by atoms with E-state index in [-0.39, 0.29) is 13.2 Å². The number of nitrogens with zero attached hydrogens (tertiary/aromatic N) is 2. The van der Waals surface area contributed by atoms with Crippen LogP contribution in [0.3, 0.4) is 0 Å². The molecular weight excluding hydrogens is 276 g/mol. The zero-order chi connectivity index (χ0) is 16.1. The number of likely N-dealkylation sites (N-methyl/N-ethyl adjacent to an activating group) is 1. The summed E-state index contributed by atoms with van der Waals surface area (Å²) in [6.45, 7) is 9.33. The minimum absolute atomic E-state index is 0.194. The van der Waals surface area contributed by atoms with Crippen LogP contribution in [0.25, 0.3) is 0 Å². The number of aryl methyl sites for hydroxylation is 2. The molecule has 1 saturated heterocycles. The summed E-state index contributed by atoms with van der Waals surface area (Å²) in [5.41, 5.74) is 4.03. The highest BCUT2D eigenvalue weighted by Gasteiger charge is 2.32. The smallest absolute Gasteiger partial charge is 0.0558 e. The topological polar surface area (TPSA) is 46.9 Å². The first-order chi connectivity index (χ1) is 10.5. The molecule has 1 heterocycles. The Balaban J connectivity index is 1.97. The Morgan fingerprint density at radius 2 is 1.91 bits per heavy atom. The maximum atomic E-state index is 9.67. The lowest BCUT2D eigenvalue weighted by Crippen LogP contribution is -2.32. The van der Waals surface area contributed by atoms with Gasteiger partial charge in [-0.1, -0.05) is 23.8 Å². The highest BCUT2D eigenvalue weighted by Crippen LogP contribution is 2.26. The maximum Gasteiger partial charge on any atom is 0.0558 e. The average Bonchev–Trinajstić information content (AvgIpc) is 2.85. The summed E-state index contributed by atoms with van der Waals surface area (Å²) in [7, 11) is 2.04. The van der Waals surface area contributed by atoms with E-state index in [0.717, 1.165) is 26.2 Å². The van der Waals surface area contributed by atoms with E-state index in [4.69, 9.17) is 5.11 Å². The largest absolute Gasteiger partial charge is 0.396 e. The fourth-order valence-corrected chi connectivity index (χ4v) is 3.45. The molecule has 0 amide bonds. The predicted octanol–water partition coefficient (Wildman–Crippen LogP) is 1.27. The molecule has 0 saturated carbocycles. The van der Waals surface area contributed by atoms with Gasteiger partial charge in [0.1, 0.15) is 0 Å². The van der Waals surface area contributed by atoms with Crippen LogP contribution in [0.4, 0.5) is 0 Å². The third-order valence-corrected chi connectivity index (χ3v) is 4.81. The lowest BCUT2D eigenvalue weighted by molar-refractivity contribution is 0.160. The van der Waals surface area contributed by atoms with Gasteiger partial charge in [-0.15, -0.1) is 0 Å². The highest BCUT2D eigenvalue weighted by atomic mass is 16.3. The van der Waals surface area contributed by atoms with Crippen molar-refractivity contribution in [2.24, 2.45) is 11.8 Å². The van der Waals surface area contributed by atoms with Crippen molar-refractivity contribution in [1.82, 2.24) is 9.80 Å². The maximum absolute atomic E-state index is 9.67. The van der Waals surface area contributed by atoms with Crippen LogP contribution in [0.15, 0.2) is 18.2 Å². The van der Waals surface area contributed by atoms with E-state index in [9.17, 15) is 5.11 Å². The first-order valence-corrected chi connectivity index (χ1v) is 8.22. The lowest BCUT2D eigenvalue weighted by Gasteiger charge is -2.23. The second-order valence-electron chi connectivity index (χ2n) is 6.81. The third kappa shape index (κ3) is 4.53. The molecule has 124 valence electrons. The molecule has 0 unspecified atom stereocenters. The molecule has 0 aromatic heterocycles. The van der Waals surface area contributed by atoms with Gasteiger partial charge >= 0.3 is 0 Å². The Morgan fingerprint density at radius 1 is 1.18 bits per heavy atom. The second kappa shape index (κ2) is 8.06. The van der Waals surface area contributed by atoms with Crippen LogP contribution in [-0.2, 0) is 6.54 Å². The molecule has 2 rings (SSSR count). The number of rotatable bonds is 7. The molecule has 0 spiro atoms. The molecule has 2 N–H and O–H groups in total. The third-order valence-electron chi connectivity index (χ3n) is 4.81. The quantitative estimate of drug-likeness (QED) is 0.796. The molecule has 1 aliphatic rings. The first kappa shape index (κ1) is 17.4. The van der Waals surface area contributed by atoms with Gasteiger partial charge in [-0.25, -0.2) is 0 Å². The molecule has 22 heavy (non-hydrogen) atoms. The van der Waals surface area contributed by atoms with Crippen LogP contribution in [0.2, 0.25) is 0 Å². The Bertz CT molecular complexity index is 478. The SMILES string of the molecule is Cc1ccc(C)c(CN2C[C@@H](CN(C)CCO)[C@@H](CO)C2)c1. The molecule has 0 aliphatic carbocycles. The van der Waals surface area contributed by atoms with E-state index < -0.39 is 0 Å². The number of hydrogen-bond donors (Lipinski definition) is 2. The van der Waals surface area contributed by atoms with Crippen molar-refractivity contribution in [2.75, 3.05) is 46.4 Å². The molecule has 1 aromatic rings. The zero-order valence-corrected chi connectivity index (χ0v) is 14.1. The van der Waals surface area contributed by atoms with Crippen LogP contribution < -0.4 is 0 Å². The molecule has 1 aliphatic heterocycles. The summed E-state index contributed by atoms with van der Waals surface area (Å²) in [5.74, 6) is 0.818. The standard InChI is InChI=1S/C18H30N2O2/c1-14-4-5-15(2)16(8-14)10-20-11-17(18(12-20)13-22)9-19(3)6-7-21/h4-5,8,17-18,21-22H,6-7,9-13H2,1-3H3/t17-,18-/m1/s1. The van der Waals surface area contributed by atoms with E-state index in [1.165, 1.54) is 16.7 Å². The Kier molecular flexibility index (Phi) is 6.38. The van der Waals surface area contributed by atoms with Gasteiger partial charge in [0.05, 0.1) is 6.61 Å². The van der Waals surface area contributed by atoms with Gasteiger partial charge in [-0.05, 0) is 43.9 Å². The fraction of sp³-hybridized carbons (Fsp3) is 0.667. The molecular formula is C18H30N2O2. The van der Waals surface area contributed by atoms with Gasteiger partial charge in [0.15, 0.2) is 0 Å². The van der Waals surface area contributed by atoms with Gasteiger partial charge in [0.25, 0.3) is 0 Å². The monoisotopic (exact) mass is 306 g/mol. The second-order valence-corrected chi connectivity index (χ2v) is 6.81. The number of likely N-dealkylation sites (tertiary alicyclic amines) is 1. The van der Waals surface area contributed by atoms with E-state index >= 15 is 0 Å². The van der Waals surface area contributed by atoms with Crippen LogP contribution in [-0.4, -0.2) is 66.5 Å². The van der Waals surface area contributed by atoms with E-state index in [2.05, 4.69) is 41.8 Å². The molecule has 0 bridgehead atoms. The van der Waals surface area contributed by atoms with Gasteiger partial charge in [0, 0.05) is 39.3 Å². The minimum Gasteiger partial charge on any atom is -0.396 e. The van der Waals surface area contributed by atoms with E-state index in [1.807, 2.05) is 7.05 Å². The number of aliphatic hydroxyl groups is 2. The van der Waals surface area contributed by atoms with Gasteiger partial charge < -0.3 is 15.1 Å². The molecule has 1 fully saturated rings. The Hall–Kier alpha value is -0.940. The van der Waals surface area contributed by atoms with Crippen molar-refractivity contribution in [3.05, 3.63) is 34.9 Å². The first-order valence-electron chi connectivity index (χ1n) is 8.22. The Labute approximate surface area is 134 Å². The van der Waals surface area contributed by atoms with Crippen LogP contribution in [0.5, 0.6) is 0 Å². The van der Waals surface area contributed by atoms with Gasteiger partial charge in [-0.3, -0.25) is 4.90 Å². The van der Waals surface area contributed by atoms with Gasteiger partial charge in [-0.2, -0.15) is 0 Å². The number of hydrogen-bond acceptors (Lipinski definition) is 4. The summed E-state index contributed by atoms with van der Waals surface area (Å²) < 4.78 is 0. The molecule has 2 atom stereocenters. The van der Waals surface area contributed by atoms with Crippen LogP contribution >= 0.6 is 0 Å². The normalized spacial score (nSPS) is 22.6. The molecule has 1 aromatic carbocycles.